The Labute approximate surface area is 209 Å². The highest BCUT2D eigenvalue weighted by Crippen LogP contribution is 2.38. The minimum Gasteiger partial charge on any atom is -0.494 e. The predicted octanol–water partition coefficient (Wildman–Crippen LogP) is 6.23. The Morgan fingerprint density at radius 3 is 2.88 bits per heavy atom. The summed E-state index contributed by atoms with van der Waals surface area (Å²) >= 11 is 2.91. The lowest BCUT2D eigenvalue weighted by Crippen LogP contribution is -2.27. The molecule has 1 aliphatic carbocycles. The number of carbonyl (C=O) groups excluding carboxylic acids is 1. The third-order valence-electron chi connectivity index (χ3n) is 6.18. The van der Waals surface area contributed by atoms with E-state index in [1.54, 1.807) is 0 Å². The van der Waals surface area contributed by atoms with Crippen molar-refractivity contribution in [1.29, 1.82) is 5.26 Å². The van der Waals surface area contributed by atoms with Crippen molar-refractivity contribution in [2.45, 2.75) is 58.4 Å². The Kier molecular flexibility index (Phi) is 7.44. The van der Waals surface area contributed by atoms with Gasteiger partial charge in [-0.3, -0.25) is 4.79 Å². The van der Waals surface area contributed by atoms with Crippen LogP contribution in [0.5, 0.6) is 5.75 Å². The van der Waals surface area contributed by atoms with Crippen LogP contribution in [-0.4, -0.2) is 28.2 Å². The lowest BCUT2D eigenvalue weighted by Gasteiger charge is -2.34. The van der Waals surface area contributed by atoms with Crippen molar-refractivity contribution >= 4 is 44.4 Å². The number of nitriles is 1. The van der Waals surface area contributed by atoms with Crippen LogP contribution in [-0.2, 0) is 17.6 Å². The van der Waals surface area contributed by atoms with Gasteiger partial charge in [-0.25, -0.2) is 9.97 Å². The first-order chi connectivity index (χ1) is 16.3. The van der Waals surface area contributed by atoms with E-state index in [4.69, 9.17) is 9.72 Å². The van der Waals surface area contributed by atoms with Gasteiger partial charge in [0.05, 0.1) is 22.4 Å². The molecule has 2 aromatic heterocycles. The van der Waals surface area contributed by atoms with Crippen molar-refractivity contribution in [1.82, 2.24) is 9.97 Å². The number of aryl methyl sites for hydroxylation is 1. The average molecular weight is 495 g/mol. The standard InChI is InChI=1S/C26H30N4O2S2/c1-5-32-19-7-9-21-22(14-19)34-25(29-21)30-23(31)10-11-33-24-17(15-27)12-16-13-18(26(2,3)4)6-8-20(16)28-24/h7,9,12,14,18H,5-6,8,10-11,13H2,1-4H3,(H,29,30,31). The van der Waals surface area contributed by atoms with Gasteiger partial charge in [0.1, 0.15) is 16.8 Å². The zero-order valence-electron chi connectivity index (χ0n) is 20.1. The molecule has 0 spiro atoms. The molecule has 0 fully saturated rings. The molecular formula is C26H30N4O2S2. The zero-order valence-corrected chi connectivity index (χ0v) is 21.7. The summed E-state index contributed by atoms with van der Waals surface area (Å²) in [6.07, 6.45) is 3.36. The van der Waals surface area contributed by atoms with Crippen LogP contribution in [0, 0.1) is 22.7 Å². The van der Waals surface area contributed by atoms with Crippen LogP contribution in [0.25, 0.3) is 10.2 Å². The fourth-order valence-electron chi connectivity index (χ4n) is 4.21. The highest BCUT2D eigenvalue weighted by molar-refractivity contribution is 7.99. The van der Waals surface area contributed by atoms with Gasteiger partial charge >= 0.3 is 0 Å². The van der Waals surface area contributed by atoms with Gasteiger partial charge in [0.2, 0.25) is 5.91 Å². The normalized spacial score (nSPS) is 15.6. The molecule has 4 rings (SSSR count). The number of hydrogen-bond acceptors (Lipinski definition) is 7. The highest BCUT2D eigenvalue weighted by Gasteiger charge is 2.30. The Hall–Kier alpha value is -2.63. The molecule has 0 aliphatic heterocycles. The van der Waals surface area contributed by atoms with Crippen LogP contribution < -0.4 is 10.1 Å². The van der Waals surface area contributed by atoms with E-state index in [-0.39, 0.29) is 11.3 Å². The number of benzene rings is 1. The summed E-state index contributed by atoms with van der Waals surface area (Å²) in [5.74, 6) is 1.86. The lowest BCUT2D eigenvalue weighted by atomic mass is 9.71. The number of rotatable bonds is 7. The van der Waals surface area contributed by atoms with E-state index in [0.717, 1.165) is 45.9 Å². The fraction of sp³-hybridized carbons (Fsp3) is 0.462. The van der Waals surface area contributed by atoms with Gasteiger partial charge in [0.25, 0.3) is 0 Å². The number of nitrogens with one attached hydrogen (secondary N) is 1. The number of thiazole rings is 1. The first kappa shape index (κ1) is 24.5. The number of thioether (sulfide) groups is 1. The molecule has 1 unspecified atom stereocenters. The molecule has 1 aromatic carbocycles. The second kappa shape index (κ2) is 10.3. The quantitative estimate of drug-likeness (QED) is 0.392. The summed E-state index contributed by atoms with van der Waals surface area (Å²) in [6, 6.07) is 10.0. The van der Waals surface area contributed by atoms with E-state index >= 15 is 0 Å². The smallest absolute Gasteiger partial charge is 0.226 e. The monoisotopic (exact) mass is 494 g/mol. The third-order valence-corrected chi connectivity index (χ3v) is 8.11. The zero-order chi connectivity index (χ0) is 24.3. The molecule has 6 nitrogen and oxygen atoms in total. The van der Waals surface area contributed by atoms with Gasteiger partial charge in [-0.15, -0.1) is 11.8 Å². The van der Waals surface area contributed by atoms with Gasteiger partial charge in [-0.1, -0.05) is 32.1 Å². The molecule has 0 saturated heterocycles. The van der Waals surface area contributed by atoms with E-state index in [2.05, 4.69) is 37.1 Å². The van der Waals surface area contributed by atoms with Gasteiger partial charge < -0.3 is 10.1 Å². The third kappa shape index (κ3) is 5.70. The molecular weight excluding hydrogens is 464 g/mol. The van der Waals surface area contributed by atoms with Crippen LogP contribution in [0.15, 0.2) is 29.3 Å². The molecule has 34 heavy (non-hydrogen) atoms. The summed E-state index contributed by atoms with van der Waals surface area (Å²) < 4.78 is 6.51. The maximum absolute atomic E-state index is 12.5. The maximum atomic E-state index is 12.5. The molecule has 1 amide bonds. The van der Waals surface area contributed by atoms with Crippen LogP contribution >= 0.6 is 23.1 Å². The van der Waals surface area contributed by atoms with E-state index in [1.165, 1.54) is 28.7 Å². The average Bonchev–Trinajstić information content (AvgIpc) is 3.19. The minimum absolute atomic E-state index is 0.0962. The molecule has 178 valence electrons. The summed E-state index contributed by atoms with van der Waals surface area (Å²) in [5.41, 5.74) is 4.00. The molecule has 3 aromatic rings. The molecule has 2 heterocycles. The van der Waals surface area contributed by atoms with Crippen LogP contribution in [0.4, 0.5) is 5.13 Å². The Balaban J connectivity index is 1.35. The van der Waals surface area contributed by atoms with Crippen molar-refractivity contribution in [3.8, 4) is 11.8 Å². The van der Waals surface area contributed by atoms with E-state index in [0.29, 0.717) is 35.4 Å². The molecule has 8 heteroatoms. The number of aromatic nitrogens is 2. The van der Waals surface area contributed by atoms with Crippen molar-refractivity contribution in [2.75, 3.05) is 17.7 Å². The number of pyridine rings is 1. The number of nitrogens with zero attached hydrogens (tertiary/aromatic N) is 3. The number of amides is 1. The molecule has 0 radical (unpaired) electrons. The summed E-state index contributed by atoms with van der Waals surface area (Å²) in [7, 11) is 0. The van der Waals surface area contributed by atoms with Gasteiger partial charge in [0, 0.05) is 17.9 Å². The van der Waals surface area contributed by atoms with Gasteiger partial charge in [-0.05, 0) is 67.3 Å². The first-order valence-electron chi connectivity index (χ1n) is 11.7. The minimum atomic E-state index is -0.0962. The Bertz CT molecular complexity index is 1240. The molecule has 0 bridgehead atoms. The van der Waals surface area contributed by atoms with Crippen molar-refractivity contribution in [3.05, 3.63) is 41.1 Å². The number of hydrogen-bond donors (Lipinski definition) is 1. The largest absolute Gasteiger partial charge is 0.494 e. The number of fused-ring (bicyclic) bond motifs is 2. The van der Waals surface area contributed by atoms with Crippen LogP contribution in [0.3, 0.4) is 0 Å². The number of ether oxygens (including phenoxy) is 1. The SMILES string of the molecule is CCOc1ccc2nc(NC(=O)CCSc3nc4c(cc3C#N)CC(C(C)(C)C)CC4)sc2c1. The van der Waals surface area contributed by atoms with Crippen LogP contribution in [0.2, 0.25) is 0 Å². The molecule has 0 saturated carbocycles. The van der Waals surface area contributed by atoms with Crippen molar-refractivity contribution in [2.24, 2.45) is 11.3 Å². The molecule has 1 N–H and O–H groups in total. The first-order valence-corrected chi connectivity index (χ1v) is 13.5. The van der Waals surface area contributed by atoms with Gasteiger partial charge in [-0.2, -0.15) is 5.26 Å². The Morgan fingerprint density at radius 1 is 1.32 bits per heavy atom. The summed E-state index contributed by atoms with van der Waals surface area (Å²) in [4.78, 5) is 21.8. The molecule has 1 atom stereocenters. The fourth-order valence-corrected chi connectivity index (χ4v) is 6.04. The topological polar surface area (TPSA) is 87.9 Å². The van der Waals surface area contributed by atoms with Crippen molar-refractivity contribution < 1.29 is 9.53 Å². The van der Waals surface area contributed by atoms with Crippen LogP contribution in [0.1, 0.15) is 57.4 Å². The number of anilines is 1. The summed E-state index contributed by atoms with van der Waals surface area (Å²) in [6.45, 7) is 9.40. The van der Waals surface area contributed by atoms with Crippen molar-refractivity contribution in [3.63, 3.8) is 0 Å². The second-order valence-electron chi connectivity index (χ2n) is 9.59. The van der Waals surface area contributed by atoms with E-state index < -0.39 is 0 Å². The Morgan fingerprint density at radius 2 is 2.15 bits per heavy atom. The maximum Gasteiger partial charge on any atom is 0.226 e. The second-order valence-corrected chi connectivity index (χ2v) is 11.7. The number of carbonyl (C=O) groups is 1. The van der Waals surface area contributed by atoms with Gasteiger partial charge in [0.15, 0.2) is 5.13 Å². The van der Waals surface area contributed by atoms with E-state index in [9.17, 15) is 10.1 Å². The highest BCUT2D eigenvalue weighted by atomic mass is 32.2. The lowest BCUT2D eigenvalue weighted by molar-refractivity contribution is -0.115. The summed E-state index contributed by atoms with van der Waals surface area (Å²) in [5, 5.41) is 13.9. The molecule has 1 aliphatic rings. The predicted molar refractivity (Wildman–Crippen MR) is 139 cm³/mol. The van der Waals surface area contributed by atoms with E-state index in [1.807, 2.05) is 31.2 Å².